The third-order valence-corrected chi connectivity index (χ3v) is 8.18. The molecule has 29 heavy (non-hydrogen) atoms. The van der Waals surface area contributed by atoms with Crippen LogP contribution in [0.15, 0.2) is 46.2 Å². The van der Waals surface area contributed by atoms with Gasteiger partial charge in [-0.1, -0.05) is 17.7 Å². The minimum atomic E-state index is -3.73. The number of rotatable bonds is 5. The zero-order chi connectivity index (χ0) is 21.3. The zero-order valence-corrected chi connectivity index (χ0v) is 18.4. The van der Waals surface area contributed by atoms with E-state index in [4.69, 9.17) is 0 Å². The van der Waals surface area contributed by atoms with Crippen LogP contribution in [0.5, 0.6) is 0 Å². The molecule has 8 heteroatoms. The number of fused-ring (bicyclic) bond motifs is 1. The number of nitrogens with one attached hydrogen (secondary N) is 2. The lowest BCUT2D eigenvalue weighted by molar-refractivity contribution is -0.116. The molecule has 1 heterocycles. The molecule has 6 nitrogen and oxygen atoms in total. The Morgan fingerprint density at radius 3 is 2.62 bits per heavy atom. The van der Waals surface area contributed by atoms with E-state index in [9.17, 15) is 18.0 Å². The van der Waals surface area contributed by atoms with Crippen LogP contribution in [-0.2, 0) is 19.4 Å². The number of thioether (sulfide) groups is 1. The second-order valence-electron chi connectivity index (χ2n) is 7.33. The normalized spacial score (nSPS) is 17.2. The number of hydrogen-bond donors (Lipinski definition) is 2. The quantitative estimate of drug-likeness (QED) is 0.747. The van der Waals surface area contributed by atoms with Gasteiger partial charge in [0.2, 0.25) is 11.8 Å². The highest BCUT2D eigenvalue weighted by Crippen LogP contribution is 2.37. The topological polar surface area (TPSA) is 92.3 Å². The predicted octanol–water partition coefficient (Wildman–Crippen LogP) is 3.93. The number of carbonyl (C=O) groups is 2. The van der Waals surface area contributed by atoms with Crippen molar-refractivity contribution in [1.82, 2.24) is 0 Å². The maximum Gasteiger partial charge on any atom is 0.237 e. The third kappa shape index (κ3) is 4.64. The summed E-state index contributed by atoms with van der Waals surface area (Å²) in [6, 6.07) is 10.4. The molecule has 1 aliphatic rings. The van der Waals surface area contributed by atoms with Crippen LogP contribution in [0, 0.1) is 13.8 Å². The van der Waals surface area contributed by atoms with E-state index in [1.54, 1.807) is 13.0 Å². The van der Waals surface area contributed by atoms with Gasteiger partial charge in [-0.25, -0.2) is 8.42 Å². The van der Waals surface area contributed by atoms with Crippen molar-refractivity contribution in [3.63, 3.8) is 0 Å². The Bertz CT molecular complexity index is 1080. The number of hydrogen-bond acceptors (Lipinski definition) is 5. The fourth-order valence-corrected chi connectivity index (χ4v) is 5.43. The fourth-order valence-electron chi connectivity index (χ4n) is 3.12. The van der Waals surface area contributed by atoms with Crippen LogP contribution < -0.4 is 10.6 Å². The van der Waals surface area contributed by atoms with Crippen molar-refractivity contribution in [2.45, 2.75) is 54.4 Å². The molecule has 154 valence electrons. The summed E-state index contributed by atoms with van der Waals surface area (Å²) in [6.07, 6.45) is -0.162. The van der Waals surface area contributed by atoms with Crippen molar-refractivity contribution >= 4 is 44.8 Å². The first-order chi connectivity index (χ1) is 13.6. The molecule has 2 aromatic rings. The average molecular weight is 433 g/mol. The van der Waals surface area contributed by atoms with Gasteiger partial charge in [-0.15, -0.1) is 11.8 Å². The van der Waals surface area contributed by atoms with E-state index in [-0.39, 0.29) is 28.4 Å². The Balaban J connectivity index is 1.74. The lowest BCUT2D eigenvalue weighted by Gasteiger charge is -2.22. The maximum atomic E-state index is 13.0. The number of amides is 2. The minimum absolute atomic E-state index is 0.0959. The molecule has 0 aliphatic carbocycles. The second-order valence-corrected chi connectivity index (χ2v) is 11.1. The molecule has 0 saturated carbocycles. The Kier molecular flexibility index (Phi) is 6.05. The summed E-state index contributed by atoms with van der Waals surface area (Å²) >= 11 is 1.39. The van der Waals surface area contributed by atoms with Crippen molar-refractivity contribution < 1.29 is 18.0 Å². The van der Waals surface area contributed by atoms with Crippen LogP contribution in [0.2, 0.25) is 0 Å². The van der Waals surface area contributed by atoms with Gasteiger partial charge in [0.25, 0.3) is 0 Å². The molecule has 2 amide bonds. The summed E-state index contributed by atoms with van der Waals surface area (Å²) in [5, 5.41) is 4.40. The molecule has 0 fully saturated rings. The van der Waals surface area contributed by atoms with Gasteiger partial charge in [-0.05, 0) is 57.5 Å². The van der Waals surface area contributed by atoms with E-state index in [2.05, 4.69) is 10.6 Å². The van der Waals surface area contributed by atoms with Gasteiger partial charge in [0.15, 0.2) is 9.84 Å². The van der Waals surface area contributed by atoms with E-state index in [0.717, 1.165) is 16.0 Å². The minimum Gasteiger partial charge on any atom is -0.326 e. The van der Waals surface area contributed by atoms with Gasteiger partial charge in [0, 0.05) is 17.0 Å². The molecule has 0 unspecified atom stereocenters. The fraction of sp³-hybridized carbons (Fsp3) is 0.333. The van der Waals surface area contributed by atoms with Crippen molar-refractivity contribution in [2.24, 2.45) is 0 Å². The number of sulfone groups is 1. The molecule has 2 atom stereocenters. The standard InChI is InChI=1S/C21H24N2O4S2/c1-12-5-7-17(13(2)9-12)22-20(24)10-14(3)29(26,27)16-6-8-19-18(11-16)23-21(25)15(4)28-19/h5-9,11,14-15H,10H2,1-4H3,(H,22,24)(H,23,25)/t14-,15-/m1/s1. The molecule has 1 aliphatic heterocycles. The first-order valence-corrected chi connectivity index (χ1v) is 11.7. The average Bonchev–Trinajstić information content (AvgIpc) is 2.64. The van der Waals surface area contributed by atoms with Gasteiger partial charge in [-0.3, -0.25) is 9.59 Å². The van der Waals surface area contributed by atoms with Crippen LogP contribution in [0.3, 0.4) is 0 Å². The maximum absolute atomic E-state index is 13.0. The Labute approximate surface area is 175 Å². The molecule has 3 rings (SSSR count). The predicted molar refractivity (Wildman–Crippen MR) is 116 cm³/mol. The van der Waals surface area contributed by atoms with E-state index in [1.165, 1.54) is 30.8 Å². The van der Waals surface area contributed by atoms with Gasteiger partial charge in [0.1, 0.15) is 0 Å². The van der Waals surface area contributed by atoms with Gasteiger partial charge >= 0.3 is 0 Å². The Hall–Kier alpha value is -2.32. The summed E-state index contributed by atoms with van der Waals surface area (Å²) in [6.45, 7) is 7.17. The summed E-state index contributed by atoms with van der Waals surface area (Å²) in [7, 11) is -3.73. The second kappa shape index (κ2) is 8.20. The number of anilines is 2. The highest BCUT2D eigenvalue weighted by Gasteiger charge is 2.29. The van der Waals surface area contributed by atoms with E-state index < -0.39 is 15.1 Å². The molecular formula is C21H24N2O4S2. The van der Waals surface area contributed by atoms with Gasteiger partial charge < -0.3 is 10.6 Å². The van der Waals surface area contributed by atoms with Crippen molar-refractivity contribution in [1.29, 1.82) is 0 Å². The van der Waals surface area contributed by atoms with Crippen LogP contribution in [-0.4, -0.2) is 30.7 Å². The molecule has 0 spiro atoms. The smallest absolute Gasteiger partial charge is 0.237 e. The van der Waals surface area contributed by atoms with Crippen molar-refractivity contribution in [2.75, 3.05) is 10.6 Å². The van der Waals surface area contributed by atoms with Gasteiger partial charge in [-0.2, -0.15) is 0 Å². The summed E-state index contributed by atoms with van der Waals surface area (Å²) in [5.41, 5.74) is 3.17. The number of aryl methyl sites for hydroxylation is 2. The monoisotopic (exact) mass is 432 g/mol. The highest BCUT2D eigenvalue weighted by molar-refractivity contribution is 8.01. The van der Waals surface area contributed by atoms with E-state index in [0.29, 0.717) is 11.4 Å². The van der Waals surface area contributed by atoms with E-state index in [1.807, 2.05) is 32.0 Å². The SMILES string of the molecule is Cc1ccc(NC(=O)C[C@@H](C)S(=O)(=O)c2ccc3c(c2)NC(=O)[C@@H](C)S3)c(C)c1. The highest BCUT2D eigenvalue weighted by atomic mass is 32.2. The lowest BCUT2D eigenvalue weighted by atomic mass is 10.1. The van der Waals surface area contributed by atoms with Crippen LogP contribution >= 0.6 is 11.8 Å². The lowest BCUT2D eigenvalue weighted by Crippen LogP contribution is -2.27. The molecule has 0 radical (unpaired) electrons. The molecule has 0 saturated heterocycles. The number of carbonyl (C=O) groups excluding carboxylic acids is 2. The molecule has 0 aromatic heterocycles. The first kappa shape index (κ1) is 21.4. The van der Waals surface area contributed by atoms with Crippen molar-refractivity contribution in [3.05, 3.63) is 47.5 Å². The Morgan fingerprint density at radius 2 is 1.93 bits per heavy atom. The van der Waals surface area contributed by atoms with Crippen molar-refractivity contribution in [3.8, 4) is 0 Å². The van der Waals surface area contributed by atoms with Crippen LogP contribution in [0.1, 0.15) is 31.4 Å². The third-order valence-electron chi connectivity index (χ3n) is 4.87. The van der Waals surface area contributed by atoms with Crippen LogP contribution in [0.25, 0.3) is 0 Å². The molecule has 2 N–H and O–H groups in total. The largest absolute Gasteiger partial charge is 0.326 e. The number of benzene rings is 2. The molecular weight excluding hydrogens is 408 g/mol. The van der Waals surface area contributed by atoms with E-state index >= 15 is 0 Å². The summed E-state index contributed by atoms with van der Waals surface area (Å²) in [5.74, 6) is -0.512. The molecule has 2 aromatic carbocycles. The first-order valence-electron chi connectivity index (χ1n) is 9.30. The van der Waals surface area contributed by atoms with Crippen LogP contribution in [0.4, 0.5) is 11.4 Å². The Morgan fingerprint density at radius 1 is 1.21 bits per heavy atom. The molecule has 0 bridgehead atoms. The summed E-state index contributed by atoms with van der Waals surface area (Å²) in [4.78, 5) is 25.2. The zero-order valence-electron chi connectivity index (χ0n) is 16.8. The summed E-state index contributed by atoms with van der Waals surface area (Å²) < 4.78 is 25.9. The van der Waals surface area contributed by atoms with Gasteiger partial charge in [0.05, 0.1) is 21.1 Å².